The van der Waals surface area contributed by atoms with E-state index < -0.39 is 0 Å². The van der Waals surface area contributed by atoms with Gasteiger partial charge in [0.05, 0.1) is 6.54 Å². The molecule has 0 aliphatic carbocycles. The number of nitrogens with zero attached hydrogens (tertiary/aromatic N) is 2. The molecule has 0 unspecified atom stereocenters. The topological polar surface area (TPSA) is 66.0 Å². The Morgan fingerprint density at radius 3 is 2.34 bits per heavy atom. The molecule has 0 aromatic heterocycles. The summed E-state index contributed by atoms with van der Waals surface area (Å²) in [4.78, 5) is 18.6. The lowest BCUT2D eigenvalue weighted by atomic mass is 10.1. The first-order valence-corrected chi connectivity index (χ1v) is 10.1. The van der Waals surface area contributed by atoms with E-state index in [-0.39, 0.29) is 5.91 Å². The van der Waals surface area contributed by atoms with E-state index in [9.17, 15) is 4.79 Å². The standard InChI is InChI=1S/C23H30N4O2/c1-18-9-11-21(12-10-18)29-15-14-26-23(24-2)25-13-5-8-22(28)27-16-19-6-3-4-7-20(19)17-27/h3-4,6-7,9-12H,5,8,13-17H2,1-2H3,(H2,24,25,26). The summed E-state index contributed by atoms with van der Waals surface area (Å²) in [6.07, 6.45) is 1.31. The van der Waals surface area contributed by atoms with E-state index in [4.69, 9.17) is 4.74 Å². The molecule has 0 fully saturated rings. The van der Waals surface area contributed by atoms with Crippen molar-refractivity contribution >= 4 is 11.9 Å². The van der Waals surface area contributed by atoms with Crippen LogP contribution in [0.5, 0.6) is 5.75 Å². The number of fused-ring (bicyclic) bond motifs is 1. The molecule has 2 aromatic rings. The van der Waals surface area contributed by atoms with Gasteiger partial charge in [0, 0.05) is 33.1 Å². The maximum absolute atomic E-state index is 12.4. The molecule has 0 spiro atoms. The molecule has 2 N–H and O–H groups in total. The molecule has 0 saturated carbocycles. The Bertz CT molecular complexity index is 808. The molecule has 29 heavy (non-hydrogen) atoms. The maximum Gasteiger partial charge on any atom is 0.223 e. The summed E-state index contributed by atoms with van der Waals surface area (Å²) in [6, 6.07) is 16.3. The highest BCUT2D eigenvalue weighted by Crippen LogP contribution is 2.22. The fraction of sp³-hybridized carbons (Fsp3) is 0.391. The summed E-state index contributed by atoms with van der Waals surface area (Å²) >= 11 is 0. The van der Waals surface area contributed by atoms with Crippen molar-refractivity contribution in [2.45, 2.75) is 32.9 Å². The van der Waals surface area contributed by atoms with Gasteiger partial charge in [0.2, 0.25) is 5.91 Å². The van der Waals surface area contributed by atoms with E-state index in [1.54, 1.807) is 7.05 Å². The fourth-order valence-corrected chi connectivity index (χ4v) is 3.31. The number of hydrogen-bond donors (Lipinski definition) is 2. The van der Waals surface area contributed by atoms with Crippen LogP contribution in [0.3, 0.4) is 0 Å². The third kappa shape index (κ3) is 6.24. The van der Waals surface area contributed by atoms with Crippen LogP contribution in [-0.2, 0) is 17.9 Å². The van der Waals surface area contributed by atoms with Crippen LogP contribution < -0.4 is 15.4 Å². The van der Waals surface area contributed by atoms with Gasteiger partial charge in [0.15, 0.2) is 5.96 Å². The van der Waals surface area contributed by atoms with E-state index in [0.29, 0.717) is 26.1 Å². The highest BCUT2D eigenvalue weighted by atomic mass is 16.5. The Balaban J connectivity index is 1.28. The summed E-state index contributed by atoms with van der Waals surface area (Å²) in [5.74, 6) is 1.79. The molecule has 0 bridgehead atoms. The number of benzene rings is 2. The van der Waals surface area contributed by atoms with Gasteiger partial charge in [-0.25, -0.2) is 0 Å². The van der Waals surface area contributed by atoms with Crippen molar-refractivity contribution in [3.05, 3.63) is 65.2 Å². The molecule has 0 saturated heterocycles. The van der Waals surface area contributed by atoms with Crippen LogP contribution in [-0.4, -0.2) is 43.5 Å². The van der Waals surface area contributed by atoms with Crippen molar-refractivity contribution in [2.75, 3.05) is 26.7 Å². The molecular formula is C23H30N4O2. The minimum absolute atomic E-state index is 0.206. The second-order valence-corrected chi connectivity index (χ2v) is 7.21. The number of nitrogens with one attached hydrogen (secondary N) is 2. The zero-order valence-electron chi connectivity index (χ0n) is 17.3. The molecule has 1 amide bonds. The number of carbonyl (C=O) groups excluding carboxylic acids is 1. The lowest BCUT2D eigenvalue weighted by molar-refractivity contribution is -0.131. The van der Waals surface area contributed by atoms with Crippen LogP contribution >= 0.6 is 0 Å². The quantitative estimate of drug-likeness (QED) is 0.411. The van der Waals surface area contributed by atoms with Gasteiger partial charge in [-0.05, 0) is 36.6 Å². The second-order valence-electron chi connectivity index (χ2n) is 7.21. The molecule has 3 rings (SSSR count). The van der Waals surface area contributed by atoms with Crippen LogP contribution in [0.1, 0.15) is 29.5 Å². The molecule has 0 radical (unpaired) electrons. The minimum atomic E-state index is 0.206. The van der Waals surface area contributed by atoms with Gasteiger partial charge < -0.3 is 20.3 Å². The highest BCUT2D eigenvalue weighted by molar-refractivity contribution is 5.80. The summed E-state index contributed by atoms with van der Waals surface area (Å²) in [6.45, 7) is 5.42. The van der Waals surface area contributed by atoms with Crippen LogP contribution in [0, 0.1) is 6.92 Å². The van der Waals surface area contributed by atoms with Crippen molar-refractivity contribution < 1.29 is 9.53 Å². The molecule has 0 atom stereocenters. The molecule has 6 heteroatoms. The average Bonchev–Trinajstić information content (AvgIpc) is 3.18. The Labute approximate surface area is 173 Å². The molecule has 154 valence electrons. The predicted octanol–water partition coefficient (Wildman–Crippen LogP) is 2.86. The number of amides is 1. The number of guanidine groups is 1. The van der Waals surface area contributed by atoms with Crippen LogP contribution in [0.4, 0.5) is 0 Å². The zero-order chi connectivity index (χ0) is 20.5. The van der Waals surface area contributed by atoms with Crippen molar-refractivity contribution in [2.24, 2.45) is 4.99 Å². The number of hydrogen-bond acceptors (Lipinski definition) is 3. The van der Waals surface area contributed by atoms with Crippen LogP contribution in [0.2, 0.25) is 0 Å². The Kier molecular flexibility index (Phi) is 7.50. The monoisotopic (exact) mass is 394 g/mol. The van der Waals surface area contributed by atoms with Crippen LogP contribution in [0.15, 0.2) is 53.5 Å². The van der Waals surface area contributed by atoms with Gasteiger partial charge in [0.1, 0.15) is 12.4 Å². The van der Waals surface area contributed by atoms with E-state index >= 15 is 0 Å². The van der Waals surface area contributed by atoms with Gasteiger partial charge in [-0.15, -0.1) is 0 Å². The number of aryl methyl sites for hydroxylation is 1. The number of rotatable bonds is 8. The molecule has 1 heterocycles. The summed E-state index contributed by atoms with van der Waals surface area (Å²) in [5.41, 5.74) is 3.74. The largest absolute Gasteiger partial charge is 0.492 e. The Morgan fingerprint density at radius 1 is 1.03 bits per heavy atom. The first kappa shape index (κ1) is 20.7. The zero-order valence-corrected chi connectivity index (χ0v) is 17.3. The molecule has 6 nitrogen and oxygen atoms in total. The smallest absolute Gasteiger partial charge is 0.223 e. The average molecular weight is 395 g/mol. The minimum Gasteiger partial charge on any atom is -0.492 e. The SMILES string of the molecule is CN=C(NCCCC(=O)N1Cc2ccccc2C1)NCCOc1ccc(C)cc1. The predicted molar refractivity (Wildman–Crippen MR) is 116 cm³/mol. The summed E-state index contributed by atoms with van der Waals surface area (Å²) < 4.78 is 5.70. The van der Waals surface area contributed by atoms with Gasteiger partial charge in [-0.1, -0.05) is 42.0 Å². The van der Waals surface area contributed by atoms with Crippen molar-refractivity contribution in [3.8, 4) is 5.75 Å². The summed E-state index contributed by atoms with van der Waals surface area (Å²) in [5, 5.41) is 6.48. The Hall–Kier alpha value is -3.02. The van der Waals surface area contributed by atoms with Crippen molar-refractivity contribution in [3.63, 3.8) is 0 Å². The van der Waals surface area contributed by atoms with Gasteiger partial charge >= 0.3 is 0 Å². The van der Waals surface area contributed by atoms with Gasteiger partial charge in [0.25, 0.3) is 0 Å². The molecular weight excluding hydrogens is 364 g/mol. The summed E-state index contributed by atoms with van der Waals surface area (Å²) in [7, 11) is 1.74. The number of carbonyl (C=O) groups is 1. The molecule has 1 aliphatic rings. The fourth-order valence-electron chi connectivity index (χ4n) is 3.31. The van der Waals surface area contributed by atoms with E-state index in [0.717, 1.165) is 31.2 Å². The molecule has 1 aliphatic heterocycles. The van der Waals surface area contributed by atoms with Crippen molar-refractivity contribution in [1.29, 1.82) is 0 Å². The number of ether oxygens (including phenoxy) is 1. The Morgan fingerprint density at radius 2 is 1.69 bits per heavy atom. The van der Waals surface area contributed by atoms with Crippen molar-refractivity contribution in [1.82, 2.24) is 15.5 Å². The number of aliphatic imine (C=N–C) groups is 1. The highest BCUT2D eigenvalue weighted by Gasteiger charge is 2.22. The van der Waals surface area contributed by atoms with Gasteiger partial charge in [-0.2, -0.15) is 0 Å². The normalized spacial score (nSPS) is 13.2. The lowest BCUT2D eigenvalue weighted by Crippen LogP contribution is -2.40. The molecule has 2 aromatic carbocycles. The van der Waals surface area contributed by atoms with E-state index in [1.807, 2.05) is 41.3 Å². The third-order valence-electron chi connectivity index (χ3n) is 4.96. The van der Waals surface area contributed by atoms with E-state index in [2.05, 4.69) is 34.7 Å². The van der Waals surface area contributed by atoms with E-state index in [1.165, 1.54) is 16.7 Å². The lowest BCUT2D eigenvalue weighted by Gasteiger charge is -2.16. The van der Waals surface area contributed by atoms with Crippen LogP contribution in [0.25, 0.3) is 0 Å². The second kappa shape index (κ2) is 10.5. The first-order valence-electron chi connectivity index (χ1n) is 10.1. The maximum atomic E-state index is 12.4. The third-order valence-corrected chi connectivity index (χ3v) is 4.96. The first-order chi connectivity index (χ1) is 14.2. The van der Waals surface area contributed by atoms with Gasteiger partial charge in [-0.3, -0.25) is 9.79 Å².